The highest BCUT2D eigenvalue weighted by Crippen LogP contribution is 2.32. The van der Waals surface area contributed by atoms with Gasteiger partial charge in [-0.25, -0.2) is 9.67 Å². The van der Waals surface area contributed by atoms with Crippen LogP contribution in [0.3, 0.4) is 0 Å². The first-order valence-corrected chi connectivity index (χ1v) is 10.6. The number of nitrogens with zero attached hydrogens (tertiary/aromatic N) is 4. The SMILES string of the molecule is Cl.Cl.N[C@H](Cc1ccccc1)c1nc(CC2CC2)nn1CC(=O)NCCc1ccccn1. The molecule has 0 spiro atoms. The fourth-order valence-corrected chi connectivity index (χ4v) is 3.49. The van der Waals surface area contributed by atoms with Gasteiger partial charge in [-0.15, -0.1) is 24.8 Å². The monoisotopic (exact) mass is 476 g/mol. The van der Waals surface area contributed by atoms with Crippen molar-refractivity contribution in [3.8, 4) is 0 Å². The summed E-state index contributed by atoms with van der Waals surface area (Å²) in [5, 5.41) is 7.56. The van der Waals surface area contributed by atoms with Crippen molar-refractivity contribution in [2.24, 2.45) is 11.7 Å². The molecule has 0 bridgehead atoms. The number of benzene rings is 1. The van der Waals surface area contributed by atoms with Gasteiger partial charge in [0.2, 0.25) is 5.91 Å². The van der Waals surface area contributed by atoms with Gasteiger partial charge in [0.05, 0.1) is 6.04 Å². The van der Waals surface area contributed by atoms with Crippen LogP contribution in [0.2, 0.25) is 0 Å². The summed E-state index contributed by atoms with van der Waals surface area (Å²) in [5.74, 6) is 2.04. The molecular formula is C23H30Cl2N6O. The van der Waals surface area contributed by atoms with Crippen molar-refractivity contribution >= 4 is 30.7 Å². The van der Waals surface area contributed by atoms with Crippen LogP contribution in [-0.4, -0.2) is 32.2 Å². The molecule has 0 unspecified atom stereocenters. The second-order valence-electron chi connectivity index (χ2n) is 7.91. The van der Waals surface area contributed by atoms with Gasteiger partial charge in [0, 0.05) is 31.3 Å². The third kappa shape index (κ3) is 7.58. The number of carbonyl (C=O) groups excluding carboxylic acids is 1. The maximum absolute atomic E-state index is 12.5. The van der Waals surface area contributed by atoms with Crippen LogP contribution in [-0.2, 0) is 30.6 Å². The van der Waals surface area contributed by atoms with Gasteiger partial charge in [-0.1, -0.05) is 36.4 Å². The quantitative estimate of drug-likeness (QED) is 0.468. The Labute approximate surface area is 201 Å². The van der Waals surface area contributed by atoms with Crippen LogP contribution in [0.25, 0.3) is 0 Å². The number of hydrogen-bond donors (Lipinski definition) is 2. The van der Waals surface area contributed by atoms with E-state index in [4.69, 9.17) is 10.7 Å². The van der Waals surface area contributed by atoms with E-state index in [1.165, 1.54) is 12.8 Å². The van der Waals surface area contributed by atoms with E-state index < -0.39 is 0 Å². The first-order valence-electron chi connectivity index (χ1n) is 10.6. The van der Waals surface area contributed by atoms with E-state index in [0.29, 0.717) is 31.1 Å². The van der Waals surface area contributed by atoms with Crippen molar-refractivity contribution in [2.75, 3.05) is 6.54 Å². The van der Waals surface area contributed by atoms with Crippen LogP contribution in [0.5, 0.6) is 0 Å². The highest BCUT2D eigenvalue weighted by molar-refractivity contribution is 5.85. The van der Waals surface area contributed by atoms with Crippen molar-refractivity contribution < 1.29 is 4.79 Å². The minimum absolute atomic E-state index is 0. The molecule has 32 heavy (non-hydrogen) atoms. The van der Waals surface area contributed by atoms with E-state index in [0.717, 1.165) is 23.5 Å². The van der Waals surface area contributed by atoms with Crippen molar-refractivity contribution in [3.63, 3.8) is 0 Å². The number of amides is 1. The van der Waals surface area contributed by atoms with Crippen LogP contribution in [0.15, 0.2) is 54.7 Å². The molecule has 2 aromatic heterocycles. The molecule has 0 aliphatic heterocycles. The summed E-state index contributed by atoms with van der Waals surface area (Å²) in [6, 6.07) is 15.6. The summed E-state index contributed by atoms with van der Waals surface area (Å²) in [6.07, 6.45) is 6.43. The maximum atomic E-state index is 12.5. The van der Waals surface area contributed by atoms with Gasteiger partial charge in [-0.05, 0) is 42.9 Å². The molecular weight excluding hydrogens is 447 g/mol. The Morgan fingerprint density at radius 2 is 1.88 bits per heavy atom. The number of rotatable bonds is 10. The first kappa shape index (κ1) is 25.8. The zero-order chi connectivity index (χ0) is 20.8. The van der Waals surface area contributed by atoms with Crippen LogP contribution in [0.1, 0.15) is 41.8 Å². The predicted molar refractivity (Wildman–Crippen MR) is 129 cm³/mol. The van der Waals surface area contributed by atoms with Crippen molar-refractivity contribution in [1.29, 1.82) is 0 Å². The second-order valence-corrected chi connectivity index (χ2v) is 7.91. The molecule has 1 aliphatic rings. The van der Waals surface area contributed by atoms with Gasteiger partial charge in [0.15, 0.2) is 5.82 Å². The Kier molecular flexibility index (Phi) is 10.1. The molecule has 0 radical (unpaired) electrons. The number of aromatic nitrogens is 4. The normalized spacial score (nSPS) is 13.5. The number of pyridine rings is 1. The summed E-state index contributed by atoms with van der Waals surface area (Å²) >= 11 is 0. The number of nitrogens with one attached hydrogen (secondary N) is 1. The highest BCUT2D eigenvalue weighted by atomic mass is 35.5. The van der Waals surface area contributed by atoms with E-state index in [1.54, 1.807) is 10.9 Å². The largest absolute Gasteiger partial charge is 0.354 e. The highest BCUT2D eigenvalue weighted by Gasteiger charge is 2.26. The molecule has 1 fully saturated rings. The minimum Gasteiger partial charge on any atom is -0.354 e. The van der Waals surface area contributed by atoms with Crippen LogP contribution in [0.4, 0.5) is 0 Å². The molecule has 3 N–H and O–H groups in total. The average molecular weight is 477 g/mol. The summed E-state index contributed by atoms with van der Waals surface area (Å²) < 4.78 is 1.68. The van der Waals surface area contributed by atoms with Gasteiger partial charge < -0.3 is 11.1 Å². The van der Waals surface area contributed by atoms with Gasteiger partial charge in [-0.2, -0.15) is 5.10 Å². The molecule has 9 heteroatoms. The third-order valence-electron chi connectivity index (χ3n) is 5.27. The van der Waals surface area contributed by atoms with Gasteiger partial charge >= 0.3 is 0 Å². The Morgan fingerprint density at radius 3 is 2.56 bits per heavy atom. The van der Waals surface area contributed by atoms with Crippen LogP contribution >= 0.6 is 24.8 Å². The van der Waals surface area contributed by atoms with E-state index >= 15 is 0 Å². The Balaban J connectivity index is 0.00000181. The van der Waals surface area contributed by atoms with Crippen LogP contribution in [0, 0.1) is 5.92 Å². The number of hydrogen-bond acceptors (Lipinski definition) is 5. The molecule has 3 aromatic rings. The summed E-state index contributed by atoms with van der Waals surface area (Å²) in [6.45, 7) is 0.655. The fourth-order valence-electron chi connectivity index (χ4n) is 3.49. The molecule has 172 valence electrons. The molecule has 1 saturated carbocycles. The van der Waals surface area contributed by atoms with Crippen molar-refractivity contribution in [2.45, 2.75) is 44.7 Å². The van der Waals surface area contributed by atoms with Crippen molar-refractivity contribution in [1.82, 2.24) is 25.1 Å². The fraction of sp³-hybridized carbons (Fsp3) is 0.391. The lowest BCUT2D eigenvalue weighted by Gasteiger charge is -2.13. The Bertz CT molecular complexity index is 963. The number of halogens is 2. The smallest absolute Gasteiger partial charge is 0.241 e. The molecule has 1 aliphatic carbocycles. The summed E-state index contributed by atoms with van der Waals surface area (Å²) in [5.41, 5.74) is 8.57. The van der Waals surface area contributed by atoms with Gasteiger partial charge in [0.25, 0.3) is 0 Å². The molecule has 0 saturated heterocycles. The molecule has 4 rings (SSSR count). The number of carbonyl (C=O) groups is 1. The lowest BCUT2D eigenvalue weighted by molar-refractivity contribution is -0.121. The third-order valence-corrected chi connectivity index (χ3v) is 5.27. The molecule has 1 aromatic carbocycles. The van der Waals surface area contributed by atoms with Gasteiger partial charge in [-0.3, -0.25) is 9.78 Å². The van der Waals surface area contributed by atoms with Gasteiger partial charge in [0.1, 0.15) is 12.4 Å². The number of nitrogens with two attached hydrogens (primary N) is 1. The second kappa shape index (κ2) is 12.5. The van der Waals surface area contributed by atoms with E-state index in [-0.39, 0.29) is 43.3 Å². The predicted octanol–water partition coefficient (Wildman–Crippen LogP) is 3.07. The van der Waals surface area contributed by atoms with Crippen molar-refractivity contribution in [3.05, 3.63) is 77.6 Å². The standard InChI is InChI=1S/C23H28N6O.2ClH/c24-20(14-17-6-2-1-3-7-17)23-27-21(15-18-9-10-18)28-29(23)16-22(30)26-13-11-19-8-4-5-12-25-19;;/h1-8,12,18,20H,9-11,13-16,24H2,(H,26,30);2*1H/t20-;;/m1../s1. The Morgan fingerprint density at radius 1 is 1.12 bits per heavy atom. The van der Waals surface area contributed by atoms with Crippen LogP contribution < -0.4 is 11.1 Å². The van der Waals surface area contributed by atoms with E-state index in [9.17, 15) is 4.79 Å². The summed E-state index contributed by atoms with van der Waals surface area (Å²) in [4.78, 5) is 21.5. The lowest BCUT2D eigenvalue weighted by atomic mass is 10.1. The first-order chi connectivity index (χ1) is 14.7. The average Bonchev–Trinajstić information content (AvgIpc) is 3.48. The molecule has 1 amide bonds. The summed E-state index contributed by atoms with van der Waals surface area (Å²) in [7, 11) is 0. The maximum Gasteiger partial charge on any atom is 0.241 e. The topological polar surface area (TPSA) is 98.7 Å². The van der Waals surface area contributed by atoms with E-state index in [1.807, 2.05) is 36.4 Å². The Hall–Kier alpha value is -2.48. The molecule has 1 atom stereocenters. The molecule has 2 heterocycles. The zero-order valence-corrected chi connectivity index (χ0v) is 19.5. The minimum atomic E-state index is -0.311. The van der Waals surface area contributed by atoms with E-state index in [2.05, 4.69) is 27.5 Å². The zero-order valence-electron chi connectivity index (χ0n) is 17.9. The lowest BCUT2D eigenvalue weighted by Crippen LogP contribution is -2.31. The molecule has 7 nitrogen and oxygen atoms in total.